The van der Waals surface area contributed by atoms with E-state index in [-0.39, 0.29) is 6.04 Å². The summed E-state index contributed by atoms with van der Waals surface area (Å²) in [7, 11) is 1.94. The van der Waals surface area contributed by atoms with Crippen molar-refractivity contribution in [3.8, 4) is 11.1 Å². The van der Waals surface area contributed by atoms with Gasteiger partial charge in [0.05, 0.1) is 11.7 Å². The quantitative estimate of drug-likeness (QED) is 0.735. The van der Waals surface area contributed by atoms with E-state index in [1.807, 2.05) is 17.9 Å². The molecule has 4 rings (SSSR count). The first-order valence-corrected chi connectivity index (χ1v) is 6.89. The van der Waals surface area contributed by atoms with Crippen LogP contribution in [0.3, 0.4) is 0 Å². The zero-order chi connectivity index (χ0) is 13.7. The molecule has 0 amide bonds. The topological polar surface area (TPSA) is 56.7 Å². The van der Waals surface area contributed by atoms with E-state index in [0.29, 0.717) is 0 Å². The SMILES string of the molecule is Cn1ncc2ncc(-c3ccc4c(c3)CC[C@@H]4N)cc21. The van der Waals surface area contributed by atoms with Crippen LogP contribution >= 0.6 is 0 Å². The molecule has 0 saturated carbocycles. The van der Waals surface area contributed by atoms with Crippen molar-refractivity contribution in [1.29, 1.82) is 0 Å². The summed E-state index contributed by atoms with van der Waals surface area (Å²) >= 11 is 0. The van der Waals surface area contributed by atoms with E-state index in [0.717, 1.165) is 29.4 Å². The van der Waals surface area contributed by atoms with E-state index in [2.05, 4.69) is 34.3 Å². The van der Waals surface area contributed by atoms with Crippen LogP contribution in [0.2, 0.25) is 0 Å². The Morgan fingerprint density at radius 1 is 1.20 bits per heavy atom. The number of pyridine rings is 1. The molecule has 0 aliphatic heterocycles. The highest BCUT2D eigenvalue weighted by Crippen LogP contribution is 2.33. The maximum Gasteiger partial charge on any atom is 0.108 e. The van der Waals surface area contributed by atoms with Gasteiger partial charge in [-0.1, -0.05) is 18.2 Å². The lowest BCUT2D eigenvalue weighted by molar-refractivity contribution is 0.713. The molecular formula is C16H16N4. The zero-order valence-electron chi connectivity index (χ0n) is 11.4. The second-order valence-electron chi connectivity index (χ2n) is 5.46. The monoisotopic (exact) mass is 264 g/mol. The minimum Gasteiger partial charge on any atom is -0.324 e. The van der Waals surface area contributed by atoms with Crippen LogP contribution in [0.4, 0.5) is 0 Å². The van der Waals surface area contributed by atoms with Crippen molar-refractivity contribution >= 4 is 11.0 Å². The fourth-order valence-electron chi connectivity index (χ4n) is 3.01. The maximum atomic E-state index is 6.09. The normalized spacial score (nSPS) is 17.6. The summed E-state index contributed by atoms with van der Waals surface area (Å²) in [5.74, 6) is 0. The number of hydrogen-bond donors (Lipinski definition) is 1. The first-order valence-electron chi connectivity index (χ1n) is 6.89. The second-order valence-corrected chi connectivity index (χ2v) is 5.46. The van der Waals surface area contributed by atoms with E-state index < -0.39 is 0 Å². The third kappa shape index (κ3) is 1.65. The Morgan fingerprint density at radius 3 is 3.00 bits per heavy atom. The Bertz CT molecular complexity index is 803. The molecule has 2 aromatic heterocycles. The van der Waals surface area contributed by atoms with E-state index in [9.17, 15) is 0 Å². The summed E-state index contributed by atoms with van der Waals surface area (Å²) in [5.41, 5.74) is 13.1. The number of rotatable bonds is 1. The van der Waals surface area contributed by atoms with E-state index >= 15 is 0 Å². The molecule has 0 spiro atoms. The molecule has 0 bridgehead atoms. The average molecular weight is 264 g/mol. The van der Waals surface area contributed by atoms with Crippen molar-refractivity contribution in [1.82, 2.24) is 14.8 Å². The van der Waals surface area contributed by atoms with E-state index in [4.69, 9.17) is 5.73 Å². The fourth-order valence-corrected chi connectivity index (χ4v) is 3.01. The second kappa shape index (κ2) is 4.15. The van der Waals surface area contributed by atoms with Gasteiger partial charge in [-0.15, -0.1) is 0 Å². The van der Waals surface area contributed by atoms with Gasteiger partial charge in [-0.05, 0) is 35.6 Å². The largest absolute Gasteiger partial charge is 0.324 e. The molecule has 0 radical (unpaired) electrons. The molecule has 0 saturated heterocycles. The lowest BCUT2D eigenvalue weighted by Crippen LogP contribution is -2.04. The summed E-state index contributed by atoms with van der Waals surface area (Å²) in [5, 5.41) is 4.24. The summed E-state index contributed by atoms with van der Waals surface area (Å²) in [6.45, 7) is 0. The molecular weight excluding hydrogens is 248 g/mol. The molecule has 20 heavy (non-hydrogen) atoms. The Kier molecular flexibility index (Phi) is 2.41. The number of benzene rings is 1. The predicted molar refractivity (Wildman–Crippen MR) is 79.2 cm³/mol. The minimum atomic E-state index is 0.205. The van der Waals surface area contributed by atoms with Gasteiger partial charge in [-0.2, -0.15) is 5.10 Å². The van der Waals surface area contributed by atoms with Gasteiger partial charge in [0.2, 0.25) is 0 Å². The van der Waals surface area contributed by atoms with Crippen LogP contribution in [0, 0.1) is 0 Å². The van der Waals surface area contributed by atoms with Crippen molar-refractivity contribution in [3.63, 3.8) is 0 Å². The van der Waals surface area contributed by atoms with Gasteiger partial charge in [-0.3, -0.25) is 9.67 Å². The lowest BCUT2D eigenvalue weighted by atomic mass is 10.0. The lowest BCUT2D eigenvalue weighted by Gasteiger charge is -2.07. The van der Waals surface area contributed by atoms with Gasteiger partial charge in [0, 0.05) is 24.8 Å². The molecule has 4 nitrogen and oxygen atoms in total. The molecule has 1 atom stereocenters. The van der Waals surface area contributed by atoms with Crippen molar-refractivity contribution in [2.45, 2.75) is 18.9 Å². The maximum absolute atomic E-state index is 6.09. The van der Waals surface area contributed by atoms with E-state index in [1.54, 1.807) is 6.20 Å². The van der Waals surface area contributed by atoms with Crippen molar-refractivity contribution in [2.24, 2.45) is 12.8 Å². The molecule has 1 aromatic carbocycles. The highest BCUT2D eigenvalue weighted by atomic mass is 15.3. The third-order valence-electron chi connectivity index (χ3n) is 4.20. The van der Waals surface area contributed by atoms with Crippen LogP contribution in [0.25, 0.3) is 22.2 Å². The number of fused-ring (bicyclic) bond motifs is 2. The number of nitrogens with two attached hydrogens (primary N) is 1. The average Bonchev–Trinajstić information content (AvgIpc) is 3.03. The van der Waals surface area contributed by atoms with Crippen LogP contribution in [-0.2, 0) is 13.5 Å². The first kappa shape index (κ1) is 11.6. The van der Waals surface area contributed by atoms with Crippen molar-refractivity contribution in [2.75, 3.05) is 0 Å². The number of aromatic nitrogens is 3. The standard InChI is InChI=1S/C16H16N4/c1-20-16-7-12(8-18-15(16)9-19-20)10-2-4-13-11(6-10)3-5-14(13)17/h2,4,6-9,14H,3,5,17H2,1H3/t14-/m0/s1. The van der Waals surface area contributed by atoms with Gasteiger partial charge < -0.3 is 5.73 Å². The summed E-state index contributed by atoms with van der Waals surface area (Å²) in [6, 6.07) is 8.91. The Hall–Kier alpha value is -2.20. The molecule has 0 unspecified atom stereocenters. The van der Waals surface area contributed by atoms with Crippen molar-refractivity contribution < 1.29 is 0 Å². The third-order valence-corrected chi connectivity index (χ3v) is 4.20. The number of aryl methyl sites for hydroxylation is 2. The number of hydrogen-bond acceptors (Lipinski definition) is 3. The van der Waals surface area contributed by atoms with Crippen LogP contribution in [0.5, 0.6) is 0 Å². The van der Waals surface area contributed by atoms with Crippen LogP contribution in [-0.4, -0.2) is 14.8 Å². The van der Waals surface area contributed by atoms with Gasteiger partial charge >= 0.3 is 0 Å². The highest BCUT2D eigenvalue weighted by molar-refractivity contribution is 5.80. The fraction of sp³-hybridized carbons (Fsp3) is 0.250. The minimum absolute atomic E-state index is 0.205. The first-order chi connectivity index (χ1) is 9.72. The smallest absolute Gasteiger partial charge is 0.108 e. The summed E-state index contributed by atoms with van der Waals surface area (Å²) < 4.78 is 1.86. The summed E-state index contributed by atoms with van der Waals surface area (Å²) in [6.07, 6.45) is 5.84. The Balaban J connectivity index is 1.84. The van der Waals surface area contributed by atoms with Crippen LogP contribution in [0.15, 0.2) is 36.7 Å². The van der Waals surface area contributed by atoms with Gasteiger partial charge in [0.1, 0.15) is 5.52 Å². The van der Waals surface area contributed by atoms with Crippen LogP contribution < -0.4 is 5.73 Å². The van der Waals surface area contributed by atoms with E-state index in [1.165, 1.54) is 16.7 Å². The van der Waals surface area contributed by atoms with Gasteiger partial charge in [-0.25, -0.2) is 0 Å². The molecule has 2 heterocycles. The molecule has 100 valence electrons. The number of nitrogens with zero attached hydrogens (tertiary/aromatic N) is 3. The Labute approximate surface area is 117 Å². The van der Waals surface area contributed by atoms with Gasteiger partial charge in [0.25, 0.3) is 0 Å². The zero-order valence-corrected chi connectivity index (χ0v) is 11.4. The Morgan fingerprint density at radius 2 is 2.10 bits per heavy atom. The molecule has 3 aromatic rings. The highest BCUT2D eigenvalue weighted by Gasteiger charge is 2.19. The van der Waals surface area contributed by atoms with Crippen LogP contribution in [0.1, 0.15) is 23.6 Å². The predicted octanol–water partition coefficient (Wildman–Crippen LogP) is 2.58. The molecule has 1 aliphatic carbocycles. The summed E-state index contributed by atoms with van der Waals surface area (Å²) in [4.78, 5) is 4.48. The van der Waals surface area contributed by atoms with Crippen molar-refractivity contribution in [3.05, 3.63) is 47.8 Å². The van der Waals surface area contributed by atoms with Gasteiger partial charge in [0.15, 0.2) is 0 Å². The molecule has 4 heteroatoms. The molecule has 1 aliphatic rings. The molecule has 2 N–H and O–H groups in total. The molecule has 0 fully saturated rings.